The van der Waals surface area contributed by atoms with Crippen LogP contribution in [0.5, 0.6) is 0 Å². The van der Waals surface area contributed by atoms with Gasteiger partial charge in [-0.3, -0.25) is 5.32 Å². The number of nitrogens with one attached hydrogen (secondary N) is 1. The van der Waals surface area contributed by atoms with Gasteiger partial charge in [-0.1, -0.05) is 18.2 Å². The average molecular weight is 333 g/mol. The zero-order chi connectivity index (χ0) is 16.5. The summed E-state index contributed by atoms with van der Waals surface area (Å²) in [5.74, 6) is -2.25. The van der Waals surface area contributed by atoms with Gasteiger partial charge in [0.25, 0.3) is 0 Å². The molecule has 0 heterocycles. The number of hydrogen-bond donors (Lipinski definition) is 1. The molecule has 1 atom stereocenters. The highest BCUT2D eigenvalue weighted by Gasteiger charge is 2.46. The van der Waals surface area contributed by atoms with Gasteiger partial charge in [0.2, 0.25) is 0 Å². The lowest BCUT2D eigenvalue weighted by Crippen LogP contribution is -2.41. The Kier molecular flexibility index (Phi) is 5.16. The third-order valence-electron chi connectivity index (χ3n) is 2.69. The monoisotopic (exact) mass is 333 g/mol. The van der Waals surface area contributed by atoms with Crippen LogP contribution in [-0.4, -0.2) is 25.3 Å². The maximum absolute atomic E-state index is 12.8. The van der Waals surface area contributed by atoms with E-state index in [0.29, 0.717) is 0 Å². The highest BCUT2D eigenvalue weighted by Crippen LogP contribution is 2.48. The first-order chi connectivity index (χ1) is 9.32. The summed E-state index contributed by atoms with van der Waals surface area (Å²) in [4.78, 5) is 0. The van der Waals surface area contributed by atoms with Crippen LogP contribution in [0.2, 0.25) is 0 Å². The van der Waals surface area contributed by atoms with E-state index in [1.807, 2.05) is 5.32 Å². The summed E-state index contributed by atoms with van der Waals surface area (Å²) in [5.41, 5.74) is -0.908. The normalized spacial score (nSPS) is 15.0. The Bertz CT molecular complexity index is 533. The van der Waals surface area contributed by atoms with Gasteiger partial charge in [-0.05, 0) is 25.0 Å². The summed E-state index contributed by atoms with van der Waals surface area (Å²) in [6, 6.07) is 3.97. The number of halogens is 6. The van der Waals surface area contributed by atoms with Crippen LogP contribution in [-0.2, 0) is 17.3 Å². The van der Waals surface area contributed by atoms with E-state index in [1.165, 1.54) is 6.07 Å². The van der Waals surface area contributed by atoms with Crippen LogP contribution in [0, 0.1) is 0 Å². The van der Waals surface area contributed by atoms with E-state index in [0.717, 1.165) is 31.5 Å². The Labute approximate surface area is 117 Å². The average Bonchev–Trinajstić information content (AvgIpc) is 2.24. The topological polar surface area (TPSA) is 29.1 Å². The van der Waals surface area contributed by atoms with E-state index in [4.69, 9.17) is 0 Å². The smallest absolute Gasteiger partial charge is 0.322 e. The van der Waals surface area contributed by atoms with Gasteiger partial charge in [0, 0.05) is 6.54 Å². The Morgan fingerprint density at radius 1 is 1.14 bits per heavy atom. The van der Waals surface area contributed by atoms with Crippen LogP contribution in [0.25, 0.3) is 0 Å². The fourth-order valence-electron chi connectivity index (χ4n) is 1.76. The SMILES string of the molecule is CP(C)(=O)C(NCc1cccc(C(F)(F)F)c1)C(F)(F)F. The predicted octanol–water partition coefficient (Wildman–Crippen LogP) is 4.31. The van der Waals surface area contributed by atoms with Crippen molar-refractivity contribution in [2.45, 2.75) is 24.7 Å². The van der Waals surface area contributed by atoms with Gasteiger partial charge in [0.05, 0.1) is 5.56 Å². The molecule has 0 radical (unpaired) electrons. The Morgan fingerprint density at radius 2 is 1.71 bits per heavy atom. The van der Waals surface area contributed by atoms with E-state index in [1.54, 1.807) is 0 Å². The van der Waals surface area contributed by atoms with E-state index < -0.39 is 37.4 Å². The molecule has 0 bridgehead atoms. The zero-order valence-electron chi connectivity index (χ0n) is 11.2. The van der Waals surface area contributed by atoms with Crippen molar-refractivity contribution in [3.63, 3.8) is 0 Å². The maximum Gasteiger partial charge on any atom is 0.416 e. The molecule has 0 aliphatic heterocycles. The van der Waals surface area contributed by atoms with Crippen molar-refractivity contribution >= 4 is 7.14 Å². The van der Waals surface area contributed by atoms with E-state index in [-0.39, 0.29) is 5.56 Å². The molecule has 0 aliphatic rings. The minimum Gasteiger partial charge on any atom is -0.322 e. The highest BCUT2D eigenvalue weighted by molar-refractivity contribution is 7.63. The Hall–Kier alpha value is -1.01. The van der Waals surface area contributed by atoms with Crippen LogP contribution in [0.1, 0.15) is 11.1 Å². The number of rotatable bonds is 4. The van der Waals surface area contributed by atoms with Crippen molar-refractivity contribution in [2.75, 3.05) is 13.3 Å². The number of alkyl halides is 6. The lowest BCUT2D eigenvalue weighted by molar-refractivity contribution is -0.138. The third kappa shape index (κ3) is 5.36. The quantitative estimate of drug-likeness (QED) is 0.657. The Balaban J connectivity index is 2.90. The molecule has 1 rings (SSSR count). The van der Waals surface area contributed by atoms with Gasteiger partial charge in [0.15, 0.2) is 5.78 Å². The fourth-order valence-corrected chi connectivity index (χ4v) is 3.00. The van der Waals surface area contributed by atoms with E-state index in [2.05, 4.69) is 0 Å². The largest absolute Gasteiger partial charge is 0.416 e. The standard InChI is InChI=1S/C12H14F6NOP/c1-21(2,20)10(12(16,17)18)19-7-8-4-3-5-9(6-8)11(13,14)15/h3-6,10,19H,7H2,1-2H3. The fraction of sp³-hybridized carbons (Fsp3) is 0.500. The predicted molar refractivity (Wildman–Crippen MR) is 67.6 cm³/mol. The first-order valence-corrected chi connectivity index (χ1v) is 8.50. The molecule has 1 aromatic carbocycles. The van der Waals surface area contributed by atoms with Gasteiger partial charge in [0.1, 0.15) is 7.14 Å². The van der Waals surface area contributed by atoms with Crippen LogP contribution < -0.4 is 5.32 Å². The second kappa shape index (κ2) is 6.01. The van der Waals surface area contributed by atoms with Crippen molar-refractivity contribution in [3.05, 3.63) is 35.4 Å². The highest BCUT2D eigenvalue weighted by atomic mass is 31.2. The summed E-state index contributed by atoms with van der Waals surface area (Å²) in [7, 11) is -3.54. The lowest BCUT2D eigenvalue weighted by atomic mass is 10.1. The first-order valence-electron chi connectivity index (χ1n) is 5.82. The van der Waals surface area contributed by atoms with Gasteiger partial charge in [-0.15, -0.1) is 0 Å². The van der Waals surface area contributed by atoms with Gasteiger partial charge < -0.3 is 4.57 Å². The Morgan fingerprint density at radius 3 is 2.14 bits per heavy atom. The molecule has 0 saturated heterocycles. The molecule has 1 unspecified atom stereocenters. The molecule has 0 aliphatic carbocycles. The van der Waals surface area contributed by atoms with Gasteiger partial charge >= 0.3 is 12.4 Å². The van der Waals surface area contributed by atoms with Crippen molar-refractivity contribution in [1.82, 2.24) is 5.32 Å². The van der Waals surface area contributed by atoms with E-state index >= 15 is 0 Å². The summed E-state index contributed by atoms with van der Waals surface area (Å²) in [6.45, 7) is 1.49. The van der Waals surface area contributed by atoms with Crippen LogP contribution in [0.4, 0.5) is 26.3 Å². The van der Waals surface area contributed by atoms with Crippen LogP contribution in [0.3, 0.4) is 0 Å². The molecule has 21 heavy (non-hydrogen) atoms. The van der Waals surface area contributed by atoms with Crippen LogP contribution >= 0.6 is 7.14 Å². The molecular formula is C12H14F6NOP. The summed E-state index contributed by atoms with van der Waals surface area (Å²) in [6.07, 6.45) is -9.30. The minimum absolute atomic E-state index is 0.0347. The molecule has 2 nitrogen and oxygen atoms in total. The van der Waals surface area contributed by atoms with Crippen molar-refractivity contribution in [1.29, 1.82) is 0 Å². The number of benzene rings is 1. The zero-order valence-corrected chi connectivity index (χ0v) is 12.1. The summed E-state index contributed by atoms with van der Waals surface area (Å²) >= 11 is 0. The second-order valence-corrected chi connectivity index (χ2v) is 8.34. The molecule has 9 heteroatoms. The minimum atomic E-state index is -4.74. The van der Waals surface area contributed by atoms with Gasteiger partial charge in [-0.2, -0.15) is 26.3 Å². The molecule has 0 amide bonds. The summed E-state index contributed by atoms with van der Waals surface area (Å²) < 4.78 is 87.5. The lowest BCUT2D eigenvalue weighted by Gasteiger charge is -2.25. The maximum atomic E-state index is 12.8. The first kappa shape index (κ1) is 18.0. The molecule has 0 fully saturated rings. The molecular weight excluding hydrogens is 319 g/mol. The van der Waals surface area contributed by atoms with Crippen molar-refractivity contribution in [2.24, 2.45) is 0 Å². The molecule has 0 aromatic heterocycles. The van der Waals surface area contributed by atoms with Crippen LogP contribution in [0.15, 0.2) is 24.3 Å². The molecule has 1 aromatic rings. The molecule has 120 valence electrons. The van der Waals surface area contributed by atoms with E-state index in [9.17, 15) is 30.9 Å². The molecule has 0 spiro atoms. The third-order valence-corrected chi connectivity index (χ3v) is 4.40. The van der Waals surface area contributed by atoms with Crippen molar-refractivity contribution < 1.29 is 30.9 Å². The molecule has 1 N–H and O–H groups in total. The second-order valence-electron chi connectivity index (χ2n) is 4.96. The van der Waals surface area contributed by atoms with Crippen molar-refractivity contribution in [3.8, 4) is 0 Å². The van der Waals surface area contributed by atoms with Gasteiger partial charge in [-0.25, -0.2) is 0 Å². The summed E-state index contributed by atoms with van der Waals surface area (Å²) in [5, 5.41) is 2.04. The number of hydrogen-bond acceptors (Lipinski definition) is 2. The molecule has 0 saturated carbocycles.